The van der Waals surface area contributed by atoms with E-state index >= 15 is 0 Å². The van der Waals surface area contributed by atoms with Crippen LogP contribution in [-0.2, 0) is 20.4 Å². The van der Waals surface area contributed by atoms with E-state index in [1.165, 1.54) is 19.1 Å². The first kappa shape index (κ1) is 14.9. The number of sulfone groups is 1. The lowest BCUT2D eigenvalue weighted by Crippen LogP contribution is -2.22. The van der Waals surface area contributed by atoms with Gasteiger partial charge in [-0.25, -0.2) is 12.8 Å². The molecule has 0 bridgehead atoms. The van der Waals surface area contributed by atoms with Gasteiger partial charge in [0.15, 0.2) is 9.84 Å². The van der Waals surface area contributed by atoms with E-state index in [0.717, 1.165) is 6.07 Å². The molecule has 1 N–H and O–H groups in total. The molecule has 1 unspecified atom stereocenters. The van der Waals surface area contributed by atoms with Crippen LogP contribution in [0.4, 0.5) is 4.39 Å². The number of carbonyl (C=O) groups is 1. The smallest absolute Gasteiger partial charge is 0.307 e. The first-order chi connectivity index (χ1) is 8.23. The monoisotopic (exact) mass is 294 g/mol. The van der Waals surface area contributed by atoms with Gasteiger partial charge in [-0.15, -0.1) is 0 Å². The number of hydrogen-bond donors (Lipinski definition) is 1. The summed E-state index contributed by atoms with van der Waals surface area (Å²) in [5.74, 6) is -4.11. The van der Waals surface area contributed by atoms with E-state index in [9.17, 15) is 17.6 Å². The zero-order valence-corrected chi connectivity index (χ0v) is 11.1. The normalized spacial score (nSPS) is 13.3. The second kappa shape index (κ2) is 5.67. The molecule has 0 aliphatic rings. The maximum atomic E-state index is 13.4. The van der Waals surface area contributed by atoms with Crippen LogP contribution in [0, 0.1) is 11.7 Å². The maximum absolute atomic E-state index is 13.4. The van der Waals surface area contributed by atoms with Crippen LogP contribution < -0.4 is 0 Å². The van der Waals surface area contributed by atoms with Crippen LogP contribution in [-0.4, -0.2) is 25.2 Å². The molecular weight excluding hydrogens is 283 g/mol. The number of carboxylic acid groups (broad SMARTS) is 1. The molecule has 0 saturated carbocycles. The lowest BCUT2D eigenvalue weighted by molar-refractivity contribution is -0.140. The molecule has 0 amide bonds. The number of halogens is 2. The molecule has 1 atom stereocenters. The van der Waals surface area contributed by atoms with E-state index in [0.29, 0.717) is 0 Å². The highest BCUT2D eigenvalue weighted by Crippen LogP contribution is 2.22. The minimum atomic E-state index is -3.73. The van der Waals surface area contributed by atoms with Gasteiger partial charge < -0.3 is 5.11 Å². The Bertz CT molecular complexity index is 536. The first-order valence-electron chi connectivity index (χ1n) is 5.09. The van der Waals surface area contributed by atoms with Gasteiger partial charge in [-0.3, -0.25) is 4.79 Å². The molecular formula is C11H12ClFO4S. The first-order valence-corrected chi connectivity index (χ1v) is 7.29. The summed E-state index contributed by atoms with van der Waals surface area (Å²) in [7, 11) is -3.73. The van der Waals surface area contributed by atoms with E-state index in [-0.39, 0.29) is 10.6 Å². The van der Waals surface area contributed by atoms with Crippen molar-refractivity contribution >= 4 is 27.4 Å². The molecule has 1 aromatic carbocycles. The van der Waals surface area contributed by atoms with Crippen molar-refractivity contribution in [1.82, 2.24) is 0 Å². The molecule has 0 radical (unpaired) electrons. The minimum absolute atomic E-state index is 0.0153. The van der Waals surface area contributed by atoms with E-state index in [4.69, 9.17) is 16.7 Å². The molecule has 0 saturated heterocycles. The van der Waals surface area contributed by atoms with Crippen molar-refractivity contribution in [2.75, 3.05) is 5.75 Å². The van der Waals surface area contributed by atoms with E-state index in [1.807, 2.05) is 0 Å². The van der Waals surface area contributed by atoms with Gasteiger partial charge in [0.05, 0.1) is 17.4 Å². The standard InChI is InChI=1S/C11H12ClFO4S/c1-7(11(14)15)5-18(16,17)6-8-9(12)3-2-4-10(8)13/h2-4,7H,5-6H2,1H3,(H,14,15). The van der Waals surface area contributed by atoms with Crippen LogP contribution in [0.5, 0.6) is 0 Å². The van der Waals surface area contributed by atoms with Crippen molar-refractivity contribution in [3.63, 3.8) is 0 Å². The summed E-state index contributed by atoms with van der Waals surface area (Å²) in [4.78, 5) is 10.6. The van der Waals surface area contributed by atoms with Crippen LogP contribution in [0.25, 0.3) is 0 Å². The van der Waals surface area contributed by atoms with Gasteiger partial charge in [-0.05, 0) is 12.1 Å². The summed E-state index contributed by atoms with van der Waals surface area (Å²) in [5, 5.41) is 8.67. The van der Waals surface area contributed by atoms with Crippen LogP contribution in [0.3, 0.4) is 0 Å². The second-order valence-corrected chi connectivity index (χ2v) is 6.51. The van der Waals surface area contributed by atoms with Crippen molar-refractivity contribution in [3.05, 3.63) is 34.6 Å². The van der Waals surface area contributed by atoms with Crippen LogP contribution in [0.15, 0.2) is 18.2 Å². The Hall–Kier alpha value is -1.14. The molecule has 4 nitrogen and oxygen atoms in total. The van der Waals surface area contributed by atoms with Gasteiger partial charge in [0, 0.05) is 10.6 Å². The van der Waals surface area contributed by atoms with Crippen LogP contribution in [0.2, 0.25) is 5.02 Å². The molecule has 0 aliphatic carbocycles. The van der Waals surface area contributed by atoms with Crippen LogP contribution in [0.1, 0.15) is 12.5 Å². The molecule has 0 aliphatic heterocycles. The van der Waals surface area contributed by atoms with Crippen molar-refractivity contribution in [2.24, 2.45) is 5.92 Å². The fraction of sp³-hybridized carbons (Fsp3) is 0.364. The third-order valence-electron chi connectivity index (χ3n) is 2.35. The Morgan fingerprint density at radius 3 is 2.61 bits per heavy atom. The molecule has 0 heterocycles. The second-order valence-electron chi connectivity index (χ2n) is 3.99. The van der Waals surface area contributed by atoms with Gasteiger partial charge in [0.2, 0.25) is 0 Å². The topological polar surface area (TPSA) is 71.4 Å². The fourth-order valence-corrected chi connectivity index (χ4v) is 3.47. The Labute approximate surface area is 109 Å². The molecule has 18 heavy (non-hydrogen) atoms. The summed E-state index contributed by atoms with van der Waals surface area (Å²) in [6.07, 6.45) is 0. The number of aliphatic carboxylic acids is 1. The third kappa shape index (κ3) is 3.96. The highest BCUT2D eigenvalue weighted by atomic mass is 35.5. The van der Waals surface area contributed by atoms with Crippen LogP contribution >= 0.6 is 11.6 Å². The van der Waals surface area contributed by atoms with Gasteiger partial charge in [0.1, 0.15) is 5.82 Å². The Morgan fingerprint density at radius 1 is 1.50 bits per heavy atom. The lowest BCUT2D eigenvalue weighted by Gasteiger charge is -2.09. The lowest BCUT2D eigenvalue weighted by atomic mass is 10.2. The summed E-state index contributed by atoms with van der Waals surface area (Å²) < 4.78 is 36.9. The maximum Gasteiger partial charge on any atom is 0.307 e. The van der Waals surface area contributed by atoms with Crippen molar-refractivity contribution in [1.29, 1.82) is 0 Å². The quantitative estimate of drug-likeness (QED) is 0.903. The fourth-order valence-electron chi connectivity index (χ4n) is 1.40. The van der Waals surface area contributed by atoms with Crippen molar-refractivity contribution in [3.8, 4) is 0 Å². The zero-order valence-electron chi connectivity index (χ0n) is 9.56. The predicted molar refractivity (Wildman–Crippen MR) is 65.7 cm³/mol. The van der Waals surface area contributed by atoms with Gasteiger partial charge in [-0.2, -0.15) is 0 Å². The van der Waals surface area contributed by atoms with Crippen molar-refractivity contribution in [2.45, 2.75) is 12.7 Å². The SMILES string of the molecule is CC(CS(=O)(=O)Cc1c(F)cccc1Cl)C(=O)O. The Kier molecular flexibility index (Phi) is 4.70. The molecule has 1 rings (SSSR count). The summed E-state index contributed by atoms with van der Waals surface area (Å²) in [6, 6.07) is 3.86. The molecule has 1 aromatic rings. The third-order valence-corrected chi connectivity index (χ3v) is 4.44. The Morgan fingerprint density at radius 2 is 2.11 bits per heavy atom. The van der Waals surface area contributed by atoms with E-state index in [2.05, 4.69) is 0 Å². The number of carboxylic acids is 1. The highest BCUT2D eigenvalue weighted by Gasteiger charge is 2.23. The molecule has 0 fully saturated rings. The van der Waals surface area contributed by atoms with E-state index in [1.54, 1.807) is 0 Å². The zero-order chi connectivity index (χ0) is 13.9. The molecule has 7 heteroatoms. The predicted octanol–water partition coefficient (Wildman–Crippen LogP) is 2.11. The largest absolute Gasteiger partial charge is 0.481 e. The van der Waals surface area contributed by atoms with Gasteiger partial charge >= 0.3 is 5.97 Å². The summed E-state index contributed by atoms with van der Waals surface area (Å²) in [5.41, 5.74) is -0.128. The average Bonchev–Trinajstić information content (AvgIpc) is 2.23. The molecule has 0 spiro atoms. The van der Waals surface area contributed by atoms with Gasteiger partial charge in [0.25, 0.3) is 0 Å². The molecule has 100 valence electrons. The van der Waals surface area contributed by atoms with E-state index < -0.39 is 39.0 Å². The minimum Gasteiger partial charge on any atom is -0.481 e. The van der Waals surface area contributed by atoms with Crippen molar-refractivity contribution < 1.29 is 22.7 Å². The van der Waals surface area contributed by atoms with Gasteiger partial charge in [-0.1, -0.05) is 24.6 Å². The average molecular weight is 295 g/mol. The number of benzene rings is 1. The molecule has 0 aromatic heterocycles. The number of hydrogen-bond acceptors (Lipinski definition) is 3. The number of rotatable bonds is 5. The Balaban J connectivity index is 2.93. The highest BCUT2D eigenvalue weighted by molar-refractivity contribution is 7.90. The summed E-state index contributed by atoms with van der Waals surface area (Å²) >= 11 is 5.71. The summed E-state index contributed by atoms with van der Waals surface area (Å²) in [6.45, 7) is 1.28.